The van der Waals surface area contributed by atoms with E-state index in [9.17, 15) is 14.4 Å². The number of nitrogens with one attached hydrogen (secondary N) is 3. The van der Waals surface area contributed by atoms with E-state index >= 15 is 0 Å². The number of pyridine rings is 1. The number of fused-ring (bicyclic) bond motifs is 1. The summed E-state index contributed by atoms with van der Waals surface area (Å²) in [6, 6.07) is 2.69. The molecule has 0 aliphatic carbocycles. The number of hydrogen-bond acceptors (Lipinski definition) is 6. The Balaban J connectivity index is 1.38. The Morgan fingerprint density at radius 3 is 2.94 bits per heavy atom. The standard InChI is InChI=1S/C22H27N5O4/c28-19(13-20(29)27-18(12-21(30)31)16-5-1-9-23-14-16)24-10-3-6-17-8-7-15-4-2-11-25-22(15)26-17/h1,4-5,7-9,14,17-18H,2-3,6,10-13H2,(H,24,28)(H,25,26)(H,27,29)(H,30,31). The van der Waals surface area contributed by atoms with Gasteiger partial charge in [0, 0.05) is 31.1 Å². The van der Waals surface area contributed by atoms with Gasteiger partial charge in [-0.25, -0.2) is 0 Å². The van der Waals surface area contributed by atoms with Crippen LogP contribution in [0.5, 0.6) is 0 Å². The van der Waals surface area contributed by atoms with Gasteiger partial charge in [0.25, 0.3) is 0 Å². The number of amides is 2. The second-order valence-corrected chi connectivity index (χ2v) is 7.45. The van der Waals surface area contributed by atoms with E-state index in [1.165, 1.54) is 6.20 Å². The number of carbonyl (C=O) groups excluding carboxylic acids is 2. The molecule has 1 aromatic rings. The Morgan fingerprint density at radius 2 is 2.16 bits per heavy atom. The highest BCUT2D eigenvalue weighted by atomic mass is 16.4. The summed E-state index contributed by atoms with van der Waals surface area (Å²) in [7, 11) is 0. The van der Waals surface area contributed by atoms with Crippen LogP contribution < -0.4 is 16.0 Å². The van der Waals surface area contributed by atoms with Crippen molar-refractivity contribution in [2.24, 2.45) is 4.99 Å². The van der Waals surface area contributed by atoms with Gasteiger partial charge < -0.3 is 21.1 Å². The molecular formula is C22H27N5O4. The van der Waals surface area contributed by atoms with Crippen LogP contribution in [0.25, 0.3) is 0 Å². The highest BCUT2D eigenvalue weighted by Crippen LogP contribution is 2.17. The van der Waals surface area contributed by atoms with Crippen molar-refractivity contribution in [1.29, 1.82) is 0 Å². The SMILES string of the molecule is O=C(O)CC(NC(=O)CC(=O)NCCCC1C=CC2=CCCNC2=N1)c1cccnc1. The first-order chi connectivity index (χ1) is 15.0. The van der Waals surface area contributed by atoms with Crippen molar-refractivity contribution >= 4 is 23.6 Å². The summed E-state index contributed by atoms with van der Waals surface area (Å²) in [6.45, 7) is 1.34. The molecule has 0 aromatic carbocycles. The van der Waals surface area contributed by atoms with Gasteiger partial charge >= 0.3 is 5.97 Å². The van der Waals surface area contributed by atoms with E-state index in [1.54, 1.807) is 18.3 Å². The van der Waals surface area contributed by atoms with Gasteiger partial charge in [-0.15, -0.1) is 0 Å². The fourth-order valence-electron chi connectivity index (χ4n) is 3.47. The average molecular weight is 425 g/mol. The van der Waals surface area contributed by atoms with Gasteiger partial charge in [0.1, 0.15) is 12.3 Å². The molecule has 164 valence electrons. The maximum atomic E-state index is 12.2. The molecule has 0 bridgehead atoms. The van der Waals surface area contributed by atoms with Crippen LogP contribution in [0, 0.1) is 0 Å². The number of amidine groups is 1. The van der Waals surface area contributed by atoms with Gasteiger partial charge in [0.2, 0.25) is 11.8 Å². The van der Waals surface area contributed by atoms with Gasteiger partial charge in [-0.05, 0) is 30.9 Å². The second-order valence-electron chi connectivity index (χ2n) is 7.45. The number of rotatable bonds is 10. The molecule has 1 aromatic heterocycles. The minimum atomic E-state index is -1.05. The van der Waals surface area contributed by atoms with Crippen LogP contribution in [-0.2, 0) is 14.4 Å². The fraction of sp³-hybridized carbons (Fsp3) is 0.409. The molecule has 3 rings (SSSR count). The zero-order chi connectivity index (χ0) is 22.1. The van der Waals surface area contributed by atoms with E-state index in [-0.39, 0.29) is 18.9 Å². The normalized spacial score (nSPS) is 18.0. The number of dihydropyridines is 1. The zero-order valence-electron chi connectivity index (χ0n) is 17.2. The van der Waals surface area contributed by atoms with Crippen LogP contribution in [0.1, 0.15) is 43.7 Å². The molecule has 2 unspecified atom stereocenters. The highest BCUT2D eigenvalue weighted by Gasteiger charge is 2.20. The highest BCUT2D eigenvalue weighted by molar-refractivity contribution is 6.02. The Labute approximate surface area is 180 Å². The number of aliphatic carboxylic acids is 1. The van der Waals surface area contributed by atoms with Crippen molar-refractivity contribution < 1.29 is 19.5 Å². The Hall–Kier alpha value is -3.49. The molecule has 9 heteroatoms. The van der Waals surface area contributed by atoms with Crippen molar-refractivity contribution in [2.45, 2.75) is 44.2 Å². The number of hydrogen-bond donors (Lipinski definition) is 4. The maximum absolute atomic E-state index is 12.2. The van der Waals surface area contributed by atoms with E-state index in [4.69, 9.17) is 5.11 Å². The molecule has 3 heterocycles. The van der Waals surface area contributed by atoms with Crippen LogP contribution in [-0.4, -0.2) is 52.8 Å². The van der Waals surface area contributed by atoms with E-state index in [1.807, 2.05) is 0 Å². The molecule has 31 heavy (non-hydrogen) atoms. The lowest BCUT2D eigenvalue weighted by Crippen LogP contribution is -2.35. The number of carbonyl (C=O) groups is 3. The molecular weight excluding hydrogens is 398 g/mol. The third kappa shape index (κ3) is 7.06. The Bertz CT molecular complexity index is 894. The van der Waals surface area contributed by atoms with Crippen LogP contribution in [0.15, 0.2) is 53.3 Å². The molecule has 2 atom stereocenters. The number of aliphatic imine (C=N–C) groups is 1. The Kier molecular flexibility index (Phi) is 7.91. The summed E-state index contributed by atoms with van der Waals surface area (Å²) in [5.74, 6) is -1.05. The minimum absolute atomic E-state index is 0.0780. The minimum Gasteiger partial charge on any atom is -0.481 e. The fourth-order valence-corrected chi connectivity index (χ4v) is 3.47. The molecule has 0 saturated heterocycles. The predicted molar refractivity (Wildman–Crippen MR) is 115 cm³/mol. The van der Waals surface area contributed by atoms with Crippen molar-refractivity contribution in [2.75, 3.05) is 13.1 Å². The van der Waals surface area contributed by atoms with Gasteiger partial charge in [0.15, 0.2) is 0 Å². The number of nitrogens with zero attached hydrogens (tertiary/aromatic N) is 2. The van der Waals surface area contributed by atoms with Crippen LogP contribution in [0.4, 0.5) is 0 Å². The van der Waals surface area contributed by atoms with Crippen molar-refractivity contribution in [1.82, 2.24) is 20.9 Å². The molecule has 0 radical (unpaired) electrons. The number of carboxylic acids is 1. The maximum Gasteiger partial charge on any atom is 0.305 e. The van der Waals surface area contributed by atoms with Crippen LogP contribution in [0.3, 0.4) is 0 Å². The molecule has 9 nitrogen and oxygen atoms in total. The monoisotopic (exact) mass is 425 g/mol. The van der Waals surface area contributed by atoms with E-state index < -0.39 is 23.8 Å². The van der Waals surface area contributed by atoms with Gasteiger partial charge in [-0.2, -0.15) is 0 Å². The van der Waals surface area contributed by atoms with Crippen molar-refractivity contribution in [3.05, 3.63) is 53.9 Å². The number of aromatic nitrogens is 1. The summed E-state index contributed by atoms with van der Waals surface area (Å²) in [5.41, 5.74) is 1.71. The third-order valence-electron chi connectivity index (χ3n) is 4.99. The molecule has 4 N–H and O–H groups in total. The molecule has 0 spiro atoms. The molecule has 2 aliphatic heterocycles. The van der Waals surface area contributed by atoms with Crippen LogP contribution in [0.2, 0.25) is 0 Å². The lowest BCUT2D eigenvalue weighted by Gasteiger charge is -2.22. The molecule has 2 amide bonds. The smallest absolute Gasteiger partial charge is 0.305 e. The topological polar surface area (TPSA) is 133 Å². The Morgan fingerprint density at radius 1 is 1.29 bits per heavy atom. The lowest BCUT2D eigenvalue weighted by molar-refractivity contribution is -0.137. The molecule has 0 saturated carbocycles. The van der Waals surface area contributed by atoms with E-state index in [0.717, 1.165) is 37.2 Å². The molecule has 0 fully saturated rings. The first-order valence-electron chi connectivity index (χ1n) is 10.4. The first kappa shape index (κ1) is 22.2. The average Bonchev–Trinajstić information content (AvgIpc) is 2.76. The predicted octanol–water partition coefficient (Wildman–Crippen LogP) is 1.26. The first-order valence-corrected chi connectivity index (χ1v) is 10.4. The van der Waals surface area contributed by atoms with E-state index in [0.29, 0.717) is 12.1 Å². The zero-order valence-corrected chi connectivity index (χ0v) is 17.2. The summed E-state index contributed by atoms with van der Waals surface area (Å²) < 4.78 is 0. The summed E-state index contributed by atoms with van der Waals surface area (Å²) in [5, 5.41) is 17.7. The second kappa shape index (κ2) is 11.1. The van der Waals surface area contributed by atoms with Crippen molar-refractivity contribution in [3.63, 3.8) is 0 Å². The lowest BCUT2D eigenvalue weighted by atomic mass is 10.0. The summed E-state index contributed by atoms with van der Waals surface area (Å²) >= 11 is 0. The van der Waals surface area contributed by atoms with Gasteiger partial charge in [-0.3, -0.25) is 24.4 Å². The van der Waals surface area contributed by atoms with Gasteiger partial charge in [-0.1, -0.05) is 24.3 Å². The van der Waals surface area contributed by atoms with Gasteiger partial charge in [0.05, 0.1) is 18.5 Å². The van der Waals surface area contributed by atoms with Crippen molar-refractivity contribution in [3.8, 4) is 0 Å². The summed E-state index contributed by atoms with van der Waals surface area (Å²) in [4.78, 5) is 44.0. The summed E-state index contributed by atoms with van der Waals surface area (Å²) in [6.07, 6.45) is 11.3. The van der Waals surface area contributed by atoms with Crippen LogP contribution >= 0.6 is 0 Å². The number of carboxylic acid groups (broad SMARTS) is 1. The largest absolute Gasteiger partial charge is 0.481 e. The van der Waals surface area contributed by atoms with E-state index in [2.05, 4.69) is 44.2 Å². The quantitative estimate of drug-likeness (QED) is 0.329. The molecule has 2 aliphatic rings. The third-order valence-corrected chi connectivity index (χ3v) is 4.99.